The van der Waals surface area contributed by atoms with Gasteiger partial charge in [0.2, 0.25) is 5.88 Å². The third kappa shape index (κ3) is 4.49. The number of hydrogen-bond acceptors (Lipinski definition) is 6. The fraction of sp³-hybridized carbons (Fsp3) is 0.240. The molecule has 0 radical (unpaired) electrons. The van der Waals surface area contributed by atoms with Crippen LogP contribution in [0.25, 0.3) is 27.8 Å². The van der Waals surface area contributed by atoms with Crippen LogP contribution in [0.5, 0.6) is 5.88 Å². The van der Waals surface area contributed by atoms with Crippen LogP contribution in [0.3, 0.4) is 0 Å². The van der Waals surface area contributed by atoms with Crippen LogP contribution < -0.4 is 10.1 Å². The zero-order chi connectivity index (χ0) is 24.8. The van der Waals surface area contributed by atoms with Gasteiger partial charge in [0.05, 0.1) is 35.4 Å². The van der Waals surface area contributed by atoms with E-state index in [1.54, 1.807) is 60.3 Å². The van der Waals surface area contributed by atoms with Gasteiger partial charge in [-0.2, -0.15) is 5.10 Å². The lowest BCUT2D eigenvalue weighted by Gasteiger charge is -2.23. The second kappa shape index (κ2) is 8.46. The Morgan fingerprint density at radius 1 is 1.14 bits per heavy atom. The third-order valence-electron chi connectivity index (χ3n) is 6.15. The molecule has 0 unspecified atom stereocenters. The average Bonchev–Trinajstić information content (AvgIpc) is 3.35. The number of nitrogens with zero attached hydrogens (tertiary/aromatic N) is 3. The molecule has 1 atom stereocenters. The van der Waals surface area contributed by atoms with Gasteiger partial charge in [-0.3, -0.25) is 4.79 Å². The number of fused-ring (bicyclic) bond motifs is 1. The number of halogens is 1. The van der Waals surface area contributed by atoms with E-state index < -0.39 is 15.4 Å². The number of pyridine rings is 1. The minimum Gasteiger partial charge on any atom is -0.481 e. The largest absolute Gasteiger partial charge is 0.481 e. The maximum Gasteiger partial charge on any atom is 0.251 e. The van der Waals surface area contributed by atoms with Crippen LogP contribution in [0.15, 0.2) is 60.8 Å². The van der Waals surface area contributed by atoms with E-state index in [4.69, 9.17) is 9.84 Å². The van der Waals surface area contributed by atoms with E-state index in [0.29, 0.717) is 34.8 Å². The van der Waals surface area contributed by atoms with Gasteiger partial charge in [0.25, 0.3) is 5.91 Å². The Morgan fingerprint density at radius 3 is 2.60 bits per heavy atom. The second-order valence-corrected chi connectivity index (χ2v) is 11.1. The highest BCUT2D eigenvalue weighted by Crippen LogP contribution is 2.32. The van der Waals surface area contributed by atoms with Crippen molar-refractivity contribution in [3.05, 3.63) is 72.2 Å². The predicted octanol–water partition coefficient (Wildman–Crippen LogP) is 3.54. The van der Waals surface area contributed by atoms with E-state index in [9.17, 15) is 17.6 Å². The molecule has 4 aromatic rings. The number of amides is 1. The van der Waals surface area contributed by atoms with Crippen molar-refractivity contribution in [2.45, 2.75) is 18.9 Å². The maximum absolute atomic E-state index is 13.6. The summed E-state index contributed by atoms with van der Waals surface area (Å²) in [5.41, 5.74) is 2.22. The molecule has 1 amide bonds. The van der Waals surface area contributed by atoms with Crippen molar-refractivity contribution in [2.75, 3.05) is 18.6 Å². The van der Waals surface area contributed by atoms with Crippen LogP contribution in [-0.4, -0.2) is 53.2 Å². The van der Waals surface area contributed by atoms with Crippen LogP contribution in [0.2, 0.25) is 0 Å². The van der Waals surface area contributed by atoms with Gasteiger partial charge in [0.1, 0.15) is 11.5 Å². The van der Waals surface area contributed by atoms with Crippen LogP contribution in [-0.2, 0) is 9.84 Å². The van der Waals surface area contributed by atoms with Crippen molar-refractivity contribution in [3.8, 4) is 22.8 Å². The summed E-state index contributed by atoms with van der Waals surface area (Å²) in [4.78, 5) is 17.3. The number of carbonyl (C=O) groups is 1. The van der Waals surface area contributed by atoms with E-state index in [0.717, 1.165) is 10.9 Å². The summed E-state index contributed by atoms with van der Waals surface area (Å²) in [6, 6.07) is 14.7. The number of carbonyl (C=O) groups excluding carboxylic acids is 1. The number of rotatable bonds is 5. The fourth-order valence-corrected chi connectivity index (χ4v) is 6.47. The molecule has 1 N–H and O–H groups in total. The van der Waals surface area contributed by atoms with E-state index in [-0.39, 0.29) is 23.2 Å². The summed E-state index contributed by atoms with van der Waals surface area (Å²) in [5.74, 6) is -0.341. The Bertz CT molecular complexity index is 1550. The molecule has 35 heavy (non-hydrogen) atoms. The van der Waals surface area contributed by atoms with Gasteiger partial charge in [-0.05, 0) is 61.9 Å². The number of methoxy groups -OCH3 is 1. The van der Waals surface area contributed by atoms with Gasteiger partial charge in [-0.1, -0.05) is 0 Å². The normalized spacial score (nSPS) is 19.1. The lowest BCUT2D eigenvalue weighted by Crippen LogP contribution is -2.46. The molecule has 1 aliphatic heterocycles. The van der Waals surface area contributed by atoms with Gasteiger partial charge < -0.3 is 10.1 Å². The standard InChI is InChI=1S/C25H23FN4O4S/c1-25(10-12-35(32,33)15-25)28-24(31)17-3-8-20-21(13-17)30(19-6-4-18(26)5-7-19)29-23(20)16-9-11-27-22(14-16)34-2/h3-9,11,13-14H,10,12,15H2,1-2H3,(H,28,31)/t25-/m1/s1. The van der Waals surface area contributed by atoms with Crippen molar-refractivity contribution < 1.29 is 22.3 Å². The first kappa shape index (κ1) is 23.0. The van der Waals surface area contributed by atoms with Crippen LogP contribution in [0, 0.1) is 5.82 Å². The third-order valence-corrected chi connectivity index (χ3v) is 8.05. The number of ether oxygens (including phenoxy) is 1. The summed E-state index contributed by atoms with van der Waals surface area (Å²) in [6.45, 7) is 1.74. The zero-order valence-electron chi connectivity index (χ0n) is 19.2. The monoisotopic (exact) mass is 494 g/mol. The molecule has 3 heterocycles. The Labute approximate surface area is 201 Å². The second-order valence-electron chi connectivity index (χ2n) is 8.91. The summed E-state index contributed by atoms with van der Waals surface area (Å²) >= 11 is 0. The van der Waals surface area contributed by atoms with Crippen molar-refractivity contribution in [3.63, 3.8) is 0 Å². The Balaban J connectivity index is 1.61. The first-order valence-electron chi connectivity index (χ1n) is 11.0. The number of sulfone groups is 1. The molecule has 1 saturated heterocycles. The average molecular weight is 495 g/mol. The van der Waals surface area contributed by atoms with E-state index in [1.165, 1.54) is 19.2 Å². The Hall–Kier alpha value is -3.79. The molecule has 0 bridgehead atoms. The van der Waals surface area contributed by atoms with Gasteiger partial charge in [-0.15, -0.1) is 0 Å². The van der Waals surface area contributed by atoms with E-state index in [1.807, 2.05) is 0 Å². The molecule has 2 aromatic carbocycles. The quantitative estimate of drug-likeness (QED) is 0.455. The van der Waals surface area contributed by atoms with Crippen molar-refractivity contribution in [1.29, 1.82) is 0 Å². The molecule has 0 saturated carbocycles. The first-order chi connectivity index (χ1) is 16.7. The summed E-state index contributed by atoms with van der Waals surface area (Å²) in [7, 11) is -1.64. The highest BCUT2D eigenvalue weighted by atomic mass is 32.2. The topological polar surface area (TPSA) is 103 Å². The lowest BCUT2D eigenvalue weighted by molar-refractivity contribution is 0.0915. The molecule has 180 valence electrons. The number of hydrogen-bond donors (Lipinski definition) is 1. The van der Waals surface area contributed by atoms with Gasteiger partial charge in [0, 0.05) is 28.8 Å². The molecule has 1 aliphatic rings. The molecular weight excluding hydrogens is 471 g/mol. The van der Waals surface area contributed by atoms with Gasteiger partial charge in [0.15, 0.2) is 9.84 Å². The molecule has 1 fully saturated rings. The minimum absolute atomic E-state index is 0.0545. The van der Waals surface area contributed by atoms with Crippen molar-refractivity contribution >= 4 is 26.6 Å². The molecule has 8 nitrogen and oxygen atoms in total. The van der Waals surface area contributed by atoms with Crippen molar-refractivity contribution in [2.24, 2.45) is 0 Å². The molecular formula is C25H23FN4O4S. The summed E-state index contributed by atoms with van der Waals surface area (Å²) in [5, 5.41) is 8.43. The number of benzene rings is 2. The molecule has 2 aromatic heterocycles. The fourth-order valence-electron chi connectivity index (χ4n) is 4.37. The van der Waals surface area contributed by atoms with Crippen LogP contribution >= 0.6 is 0 Å². The highest BCUT2D eigenvalue weighted by Gasteiger charge is 2.39. The van der Waals surface area contributed by atoms with Gasteiger partial charge in [-0.25, -0.2) is 22.5 Å². The molecule has 0 aliphatic carbocycles. The molecule has 5 rings (SSSR count). The van der Waals surface area contributed by atoms with E-state index >= 15 is 0 Å². The van der Waals surface area contributed by atoms with Crippen LogP contribution in [0.1, 0.15) is 23.7 Å². The predicted molar refractivity (Wildman–Crippen MR) is 130 cm³/mol. The highest BCUT2D eigenvalue weighted by molar-refractivity contribution is 7.91. The smallest absolute Gasteiger partial charge is 0.251 e. The summed E-state index contributed by atoms with van der Waals surface area (Å²) in [6.07, 6.45) is 1.99. The SMILES string of the molecule is COc1cc(-c2nn(-c3ccc(F)cc3)c3cc(C(=O)N[C@]4(C)CCS(=O)(=O)C4)ccc23)ccn1. The Morgan fingerprint density at radius 2 is 1.91 bits per heavy atom. The molecule has 0 spiro atoms. The summed E-state index contributed by atoms with van der Waals surface area (Å²) < 4.78 is 44.4. The van der Waals surface area contributed by atoms with Crippen LogP contribution in [0.4, 0.5) is 4.39 Å². The maximum atomic E-state index is 13.6. The Kier molecular flexibility index (Phi) is 5.55. The number of nitrogens with one attached hydrogen (secondary N) is 1. The first-order valence-corrected chi connectivity index (χ1v) is 12.8. The number of aromatic nitrogens is 3. The lowest BCUT2D eigenvalue weighted by atomic mass is 10.0. The molecule has 10 heteroatoms. The van der Waals surface area contributed by atoms with Gasteiger partial charge >= 0.3 is 0 Å². The van der Waals surface area contributed by atoms with E-state index in [2.05, 4.69) is 10.3 Å². The van der Waals surface area contributed by atoms with Crippen molar-refractivity contribution in [1.82, 2.24) is 20.1 Å². The zero-order valence-corrected chi connectivity index (χ0v) is 20.0. The minimum atomic E-state index is -3.17.